The number of nitrogens with zero attached hydrogens (tertiary/aromatic N) is 2. The molecular formula is C30H34N2O5S. The number of methoxy groups -OCH3 is 1. The summed E-state index contributed by atoms with van der Waals surface area (Å²) in [5.74, 6) is 1.34. The van der Waals surface area contributed by atoms with E-state index >= 15 is 0 Å². The van der Waals surface area contributed by atoms with Crippen molar-refractivity contribution in [3.8, 4) is 11.5 Å². The molecule has 1 aliphatic heterocycles. The number of rotatable bonds is 10. The Morgan fingerprint density at radius 1 is 1.13 bits per heavy atom. The highest BCUT2D eigenvalue weighted by molar-refractivity contribution is 7.07. The van der Waals surface area contributed by atoms with Gasteiger partial charge in [0.15, 0.2) is 4.80 Å². The summed E-state index contributed by atoms with van der Waals surface area (Å²) >= 11 is 1.31. The third kappa shape index (κ3) is 5.75. The van der Waals surface area contributed by atoms with Crippen molar-refractivity contribution in [1.29, 1.82) is 0 Å². The SMILES string of the molecule is CCCC1=C(C(=O)OCC)[C@H](c2ccccc2OC)n2c(s/c(=C/c3ccc(OCC(C)C)cc3)c2=O)=N1. The van der Waals surface area contributed by atoms with Gasteiger partial charge in [0.05, 0.1) is 36.1 Å². The average molecular weight is 535 g/mol. The van der Waals surface area contributed by atoms with Crippen LogP contribution in [0.25, 0.3) is 6.08 Å². The normalized spacial score (nSPS) is 15.3. The van der Waals surface area contributed by atoms with Crippen LogP contribution in [-0.4, -0.2) is 30.9 Å². The molecule has 1 atom stereocenters. The molecule has 2 aromatic carbocycles. The summed E-state index contributed by atoms with van der Waals surface area (Å²) in [7, 11) is 1.58. The van der Waals surface area contributed by atoms with E-state index in [1.807, 2.05) is 61.5 Å². The summed E-state index contributed by atoms with van der Waals surface area (Å²) in [6.45, 7) is 8.88. The monoisotopic (exact) mass is 534 g/mol. The minimum atomic E-state index is -0.711. The Morgan fingerprint density at radius 3 is 2.53 bits per heavy atom. The molecule has 0 amide bonds. The third-order valence-corrected chi connectivity index (χ3v) is 7.07. The van der Waals surface area contributed by atoms with E-state index < -0.39 is 12.0 Å². The minimum absolute atomic E-state index is 0.220. The zero-order valence-corrected chi connectivity index (χ0v) is 23.3. The van der Waals surface area contributed by atoms with E-state index in [1.54, 1.807) is 18.6 Å². The van der Waals surface area contributed by atoms with Gasteiger partial charge in [0.1, 0.15) is 17.5 Å². The lowest BCUT2D eigenvalue weighted by atomic mass is 9.93. The molecule has 3 aromatic rings. The third-order valence-electron chi connectivity index (χ3n) is 6.09. The molecule has 0 fully saturated rings. The van der Waals surface area contributed by atoms with E-state index in [4.69, 9.17) is 19.2 Å². The number of para-hydroxylation sites is 1. The summed E-state index contributed by atoms with van der Waals surface area (Å²) in [5.41, 5.74) is 2.38. The zero-order valence-electron chi connectivity index (χ0n) is 22.5. The first-order chi connectivity index (χ1) is 18.4. The van der Waals surface area contributed by atoms with Gasteiger partial charge in [0.25, 0.3) is 5.56 Å². The van der Waals surface area contributed by atoms with Crippen molar-refractivity contribution in [2.45, 2.75) is 46.6 Å². The molecular weight excluding hydrogens is 500 g/mol. The van der Waals surface area contributed by atoms with Gasteiger partial charge in [-0.15, -0.1) is 0 Å². The second-order valence-electron chi connectivity index (χ2n) is 9.43. The van der Waals surface area contributed by atoms with Crippen LogP contribution >= 0.6 is 11.3 Å². The van der Waals surface area contributed by atoms with Crippen molar-refractivity contribution in [2.24, 2.45) is 10.9 Å². The summed E-state index contributed by atoms with van der Waals surface area (Å²) in [6, 6.07) is 14.4. The second-order valence-corrected chi connectivity index (χ2v) is 10.4. The Kier molecular flexibility index (Phi) is 8.84. The number of fused-ring (bicyclic) bond motifs is 1. The van der Waals surface area contributed by atoms with Gasteiger partial charge in [-0.05, 0) is 49.1 Å². The lowest BCUT2D eigenvalue weighted by Gasteiger charge is -2.26. The standard InChI is InChI=1S/C30H34N2O5S/c1-6-10-23-26(29(34)36-7-2)27(22-11-8-9-12-24(22)35-5)32-28(33)25(38-30(32)31-23)17-20-13-15-21(16-14-20)37-18-19(3)4/h8-9,11-17,19,27H,6-7,10,18H2,1-5H3/b25-17+/t27-/m0/s1. The lowest BCUT2D eigenvalue weighted by molar-refractivity contribution is -0.139. The van der Waals surface area contributed by atoms with E-state index in [0.717, 1.165) is 17.7 Å². The van der Waals surface area contributed by atoms with Crippen LogP contribution in [0.1, 0.15) is 57.7 Å². The molecule has 0 spiro atoms. The van der Waals surface area contributed by atoms with Gasteiger partial charge < -0.3 is 14.2 Å². The molecule has 1 aliphatic rings. The summed E-state index contributed by atoms with van der Waals surface area (Å²) in [6.07, 6.45) is 3.23. The van der Waals surface area contributed by atoms with Gasteiger partial charge in [-0.25, -0.2) is 9.79 Å². The fraction of sp³-hybridized carbons (Fsp3) is 0.367. The number of thiazole rings is 1. The number of hydrogen-bond donors (Lipinski definition) is 0. The number of carbonyl (C=O) groups excluding carboxylic acids is 1. The maximum atomic E-state index is 13.9. The van der Waals surface area contributed by atoms with Crippen molar-refractivity contribution in [3.63, 3.8) is 0 Å². The highest BCUT2D eigenvalue weighted by atomic mass is 32.1. The Labute approximate surface area is 226 Å². The van der Waals surface area contributed by atoms with Crippen LogP contribution in [0, 0.1) is 5.92 Å². The van der Waals surface area contributed by atoms with E-state index in [1.165, 1.54) is 11.3 Å². The summed E-state index contributed by atoms with van der Waals surface area (Å²) < 4.78 is 19.0. The number of benzene rings is 2. The Hall–Kier alpha value is -3.65. The number of hydrogen-bond acceptors (Lipinski definition) is 7. The molecule has 8 heteroatoms. The average Bonchev–Trinajstić information content (AvgIpc) is 3.22. The molecule has 0 aliphatic carbocycles. The highest BCUT2D eigenvalue weighted by Crippen LogP contribution is 2.36. The predicted octanol–water partition coefficient (Wildman–Crippen LogP) is 4.62. The zero-order chi connectivity index (χ0) is 27.2. The first-order valence-electron chi connectivity index (χ1n) is 13.0. The van der Waals surface area contributed by atoms with E-state index in [2.05, 4.69) is 13.8 Å². The van der Waals surface area contributed by atoms with Crippen molar-refractivity contribution in [1.82, 2.24) is 4.57 Å². The van der Waals surface area contributed by atoms with Crippen LogP contribution in [0.3, 0.4) is 0 Å². The van der Waals surface area contributed by atoms with Crippen LogP contribution in [0.15, 0.2) is 69.6 Å². The number of esters is 1. The van der Waals surface area contributed by atoms with Crippen molar-refractivity contribution >= 4 is 23.4 Å². The van der Waals surface area contributed by atoms with E-state index in [0.29, 0.717) is 50.9 Å². The maximum absolute atomic E-state index is 13.9. The van der Waals surface area contributed by atoms with Crippen LogP contribution in [0.5, 0.6) is 11.5 Å². The van der Waals surface area contributed by atoms with Gasteiger partial charge in [-0.3, -0.25) is 9.36 Å². The van der Waals surface area contributed by atoms with E-state index in [-0.39, 0.29) is 12.2 Å². The molecule has 2 heterocycles. The fourth-order valence-corrected chi connectivity index (χ4v) is 5.40. The summed E-state index contributed by atoms with van der Waals surface area (Å²) in [4.78, 5) is 32.5. The first kappa shape index (κ1) is 27.4. The number of carbonyl (C=O) groups is 1. The smallest absolute Gasteiger partial charge is 0.338 e. The topological polar surface area (TPSA) is 79.1 Å². The number of aromatic nitrogens is 1. The highest BCUT2D eigenvalue weighted by Gasteiger charge is 2.35. The fourth-order valence-electron chi connectivity index (χ4n) is 4.38. The van der Waals surface area contributed by atoms with Crippen LogP contribution in [0.2, 0.25) is 0 Å². The van der Waals surface area contributed by atoms with Crippen molar-refractivity contribution in [3.05, 3.63) is 90.6 Å². The van der Waals surface area contributed by atoms with E-state index in [9.17, 15) is 9.59 Å². The number of ether oxygens (including phenoxy) is 3. The predicted molar refractivity (Wildman–Crippen MR) is 149 cm³/mol. The molecule has 0 unspecified atom stereocenters. The van der Waals surface area contributed by atoms with Crippen LogP contribution < -0.4 is 24.4 Å². The molecule has 200 valence electrons. The Morgan fingerprint density at radius 2 is 1.87 bits per heavy atom. The van der Waals surface area contributed by atoms with Crippen molar-refractivity contribution in [2.75, 3.05) is 20.3 Å². The molecule has 7 nitrogen and oxygen atoms in total. The van der Waals surface area contributed by atoms with Crippen LogP contribution in [-0.2, 0) is 9.53 Å². The van der Waals surface area contributed by atoms with Gasteiger partial charge >= 0.3 is 5.97 Å². The molecule has 0 bridgehead atoms. The van der Waals surface area contributed by atoms with Gasteiger partial charge in [0, 0.05) is 5.56 Å². The molecule has 38 heavy (non-hydrogen) atoms. The largest absolute Gasteiger partial charge is 0.496 e. The number of allylic oxidation sites excluding steroid dienone is 1. The molecule has 0 N–H and O–H groups in total. The molecule has 0 saturated carbocycles. The first-order valence-corrected chi connectivity index (χ1v) is 13.8. The summed E-state index contributed by atoms with van der Waals surface area (Å²) in [5, 5.41) is 0. The van der Waals surface area contributed by atoms with Crippen LogP contribution in [0.4, 0.5) is 0 Å². The van der Waals surface area contributed by atoms with Gasteiger partial charge in [0.2, 0.25) is 0 Å². The van der Waals surface area contributed by atoms with Gasteiger partial charge in [-0.1, -0.05) is 68.9 Å². The van der Waals surface area contributed by atoms with Crippen molar-refractivity contribution < 1.29 is 19.0 Å². The molecule has 4 rings (SSSR count). The maximum Gasteiger partial charge on any atom is 0.338 e. The lowest BCUT2D eigenvalue weighted by Crippen LogP contribution is -2.40. The Balaban J connectivity index is 1.88. The second kappa shape index (κ2) is 12.3. The van der Waals surface area contributed by atoms with Gasteiger partial charge in [-0.2, -0.15) is 0 Å². The molecule has 1 aromatic heterocycles. The Bertz CT molecular complexity index is 1500. The molecule has 0 saturated heterocycles. The molecule has 0 radical (unpaired) electrons. The quantitative estimate of drug-likeness (QED) is 0.355. The minimum Gasteiger partial charge on any atom is -0.496 e.